The van der Waals surface area contributed by atoms with Crippen LogP contribution in [0.15, 0.2) is 35.9 Å². The minimum Gasteiger partial charge on any atom is -0.206 e. The van der Waals surface area contributed by atoms with Gasteiger partial charge in [-0.25, -0.2) is 13.2 Å². The number of hydrogen-bond donors (Lipinski definition) is 0. The fourth-order valence-corrected chi connectivity index (χ4v) is 2.71. The molecule has 0 bridgehead atoms. The first-order chi connectivity index (χ1) is 11.3. The van der Waals surface area contributed by atoms with E-state index in [2.05, 4.69) is 13.2 Å². The molecular weight excluding hydrogens is 349 g/mol. The third kappa shape index (κ3) is 2.79. The lowest BCUT2D eigenvalue weighted by molar-refractivity contribution is -0.159. The van der Waals surface area contributed by atoms with Crippen molar-refractivity contribution in [2.24, 2.45) is 0 Å². The average Bonchev–Trinajstić information content (AvgIpc) is 2.51. The fraction of sp³-hybridized carbons (Fsp3) is 0.333. The van der Waals surface area contributed by atoms with E-state index in [1.807, 2.05) is 0 Å². The molecule has 0 amide bonds. The third-order valence-corrected chi connectivity index (χ3v) is 4.27. The molecule has 136 valence electrons. The van der Waals surface area contributed by atoms with Crippen LogP contribution in [0.25, 0.3) is 5.83 Å². The van der Waals surface area contributed by atoms with Crippen molar-refractivity contribution in [1.82, 2.24) is 0 Å². The van der Waals surface area contributed by atoms with Gasteiger partial charge in [0.1, 0.15) is 5.83 Å². The molecule has 0 radical (unpaired) electrons. The van der Waals surface area contributed by atoms with Crippen LogP contribution < -0.4 is 0 Å². The highest BCUT2D eigenvalue weighted by Crippen LogP contribution is 2.49. The standard InChI is InChI=1S/C18H15F7/c1-8(2)17(22,23)18(24,25)10(4)12-6-5-11-7-9(3)14(19)16(21)13(11)15(12)20/h7H,1,4-6H2,2-3H3. The SMILES string of the molecule is C=C(C)C(F)(F)C(F)(F)C(=C)C1=C(F)c2c(cc(C)c(F)c2F)CC1. The van der Waals surface area contributed by atoms with Gasteiger partial charge < -0.3 is 0 Å². The molecule has 0 fully saturated rings. The van der Waals surface area contributed by atoms with Gasteiger partial charge in [0.25, 0.3) is 0 Å². The number of halogens is 7. The summed E-state index contributed by atoms with van der Waals surface area (Å²) in [5, 5.41) is 0. The van der Waals surface area contributed by atoms with Crippen LogP contribution in [0.4, 0.5) is 30.7 Å². The van der Waals surface area contributed by atoms with Crippen LogP contribution in [-0.2, 0) is 6.42 Å². The van der Waals surface area contributed by atoms with Crippen molar-refractivity contribution < 1.29 is 30.7 Å². The second kappa shape index (κ2) is 6.04. The van der Waals surface area contributed by atoms with Crippen molar-refractivity contribution in [3.05, 3.63) is 64.3 Å². The molecule has 0 aliphatic heterocycles. The number of hydrogen-bond acceptors (Lipinski definition) is 0. The van der Waals surface area contributed by atoms with Crippen molar-refractivity contribution in [3.63, 3.8) is 0 Å². The van der Waals surface area contributed by atoms with Crippen LogP contribution in [0.2, 0.25) is 0 Å². The molecule has 0 nitrogen and oxygen atoms in total. The molecule has 7 heteroatoms. The van der Waals surface area contributed by atoms with E-state index in [1.165, 1.54) is 13.0 Å². The Kier molecular flexibility index (Phi) is 4.65. The summed E-state index contributed by atoms with van der Waals surface area (Å²) in [6.45, 7) is 7.71. The van der Waals surface area contributed by atoms with E-state index in [0.29, 0.717) is 6.92 Å². The first-order valence-electron chi connectivity index (χ1n) is 7.31. The molecule has 25 heavy (non-hydrogen) atoms. The maximum absolute atomic E-state index is 14.6. The van der Waals surface area contributed by atoms with Gasteiger partial charge in [-0.3, -0.25) is 0 Å². The summed E-state index contributed by atoms with van der Waals surface area (Å²) in [5.41, 5.74) is -4.24. The summed E-state index contributed by atoms with van der Waals surface area (Å²) in [6, 6.07) is 1.20. The Labute approximate surface area is 140 Å². The van der Waals surface area contributed by atoms with Crippen LogP contribution in [0.5, 0.6) is 0 Å². The zero-order chi connectivity index (χ0) is 19.3. The lowest BCUT2D eigenvalue weighted by atomic mass is 9.83. The topological polar surface area (TPSA) is 0 Å². The molecule has 1 aliphatic rings. The summed E-state index contributed by atoms with van der Waals surface area (Å²) < 4.78 is 98.1. The predicted molar refractivity (Wildman–Crippen MR) is 81.3 cm³/mol. The van der Waals surface area contributed by atoms with E-state index in [-0.39, 0.29) is 24.0 Å². The highest BCUT2D eigenvalue weighted by Gasteiger charge is 2.59. The van der Waals surface area contributed by atoms with Gasteiger partial charge in [0.15, 0.2) is 11.6 Å². The molecule has 0 heterocycles. The number of allylic oxidation sites excluding steroid dienone is 3. The molecule has 0 spiro atoms. The minimum absolute atomic E-state index is 0.0644. The Morgan fingerprint density at radius 3 is 2.04 bits per heavy atom. The lowest BCUT2D eigenvalue weighted by Gasteiger charge is -2.31. The van der Waals surface area contributed by atoms with E-state index < -0.39 is 51.6 Å². The average molecular weight is 364 g/mol. The second-order valence-corrected chi connectivity index (χ2v) is 6.06. The van der Waals surface area contributed by atoms with Gasteiger partial charge in [-0.05, 0) is 49.0 Å². The zero-order valence-electron chi connectivity index (χ0n) is 13.6. The summed E-state index contributed by atoms with van der Waals surface area (Å²) in [7, 11) is 0. The summed E-state index contributed by atoms with van der Waals surface area (Å²) in [6.07, 6.45) is -0.492. The first kappa shape index (κ1) is 19.3. The van der Waals surface area contributed by atoms with Crippen molar-refractivity contribution in [3.8, 4) is 0 Å². The molecular formula is C18H15F7. The first-order valence-corrected chi connectivity index (χ1v) is 7.31. The van der Waals surface area contributed by atoms with Crippen molar-refractivity contribution in [1.29, 1.82) is 0 Å². The van der Waals surface area contributed by atoms with Gasteiger partial charge in [-0.1, -0.05) is 19.2 Å². The monoisotopic (exact) mass is 364 g/mol. The second-order valence-electron chi connectivity index (χ2n) is 6.06. The fourth-order valence-electron chi connectivity index (χ4n) is 2.71. The van der Waals surface area contributed by atoms with E-state index in [0.717, 1.165) is 0 Å². The smallest absolute Gasteiger partial charge is 0.206 e. The molecule has 1 aromatic rings. The predicted octanol–water partition coefficient (Wildman–Crippen LogP) is 6.30. The summed E-state index contributed by atoms with van der Waals surface area (Å²) >= 11 is 0. The summed E-state index contributed by atoms with van der Waals surface area (Å²) in [4.78, 5) is 0. The molecule has 0 N–H and O–H groups in total. The number of benzene rings is 1. The van der Waals surface area contributed by atoms with Gasteiger partial charge >= 0.3 is 11.8 Å². The van der Waals surface area contributed by atoms with E-state index in [4.69, 9.17) is 0 Å². The molecule has 0 unspecified atom stereocenters. The molecule has 2 rings (SSSR count). The molecule has 0 aromatic heterocycles. The number of aryl methyl sites for hydroxylation is 2. The lowest BCUT2D eigenvalue weighted by Crippen LogP contribution is -2.43. The highest BCUT2D eigenvalue weighted by atomic mass is 19.3. The summed E-state index contributed by atoms with van der Waals surface area (Å²) in [5.74, 6) is -13.8. The molecule has 0 saturated heterocycles. The van der Waals surface area contributed by atoms with Gasteiger partial charge in [0.05, 0.1) is 5.56 Å². The van der Waals surface area contributed by atoms with Gasteiger partial charge in [-0.2, -0.15) is 17.6 Å². The van der Waals surface area contributed by atoms with Crippen LogP contribution in [-0.4, -0.2) is 11.8 Å². The largest absolute Gasteiger partial charge is 0.339 e. The quantitative estimate of drug-likeness (QED) is 0.434. The van der Waals surface area contributed by atoms with Crippen LogP contribution in [0, 0.1) is 18.6 Å². The van der Waals surface area contributed by atoms with Crippen molar-refractivity contribution in [2.45, 2.75) is 38.5 Å². The van der Waals surface area contributed by atoms with Gasteiger partial charge in [-0.15, -0.1) is 0 Å². The minimum atomic E-state index is -4.82. The number of alkyl halides is 4. The van der Waals surface area contributed by atoms with E-state index in [9.17, 15) is 30.7 Å². The van der Waals surface area contributed by atoms with Crippen LogP contribution in [0.3, 0.4) is 0 Å². The molecule has 0 saturated carbocycles. The van der Waals surface area contributed by atoms with E-state index >= 15 is 0 Å². The van der Waals surface area contributed by atoms with E-state index in [1.54, 1.807) is 0 Å². The van der Waals surface area contributed by atoms with Gasteiger partial charge in [0, 0.05) is 5.57 Å². The Hall–Kier alpha value is -2.05. The Morgan fingerprint density at radius 1 is 0.960 bits per heavy atom. The Bertz CT molecular complexity index is 800. The van der Waals surface area contributed by atoms with Gasteiger partial charge in [0.2, 0.25) is 0 Å². The Morgan fingerprint density at radius 2 is 1.52 bits per heavy atom. The van der Waals surface area contributed by atoms with Crippen LogP contribution >= 0.6 is 0 Å². The highest BCUT2D eigenvalue weighted by molar-refractivity contribution is 5.73. The molecule has 0 atom stereocenters. The van der Waals surface area contributed by atoms with Crippen molar-refractivity contribution in [2.75, 3.05) is 0 Å². The number of rotatable bonds is 4. The number of fused-ring (bicyclic) bond motifs is 1. The maximum Gasteiger partial charge on any atom is 0.339 e. The Balaban J connectivity index is 2.62. The third-order valence-electron chi connectivity index (χ3n) is 4.27. The zero-order valence-corrected chi connectivity index (χ0v) is 13.6. The van der Waals surface area contributed by atoms with Crippen molar-refractivity contribution >= 4 is 5.83 Å². The maximum atomic E-state index is 14.6. The molecule has 1 aromatic carbocycles. The normalized spacial score (nSPS) is 15.2. The molecule has 1 aliphatic carbocycles. The van der Waals surface area contributed by atoms with Crippen LogP contribution in [0.1, 0.15) is 30.0 Å².